The van der Waals surface area contributed by atoms with E-state index in [1.807, 2.05) is 0 Å². The Hall–Kier alpha value is -1.85. The number of allylic oxidation sites excluding steroid dienone is 1. The number of hydrogen-bond donors (Lipinski definition) is 1. The highest BCUT2D eigenvalue weighted by Gasteiger charge is 2.18. The van der Waals surface area contributed by atoms with E-state index in [4.69, 9.17) is 33.0 Å². The zero-order valence-corrected chi connectivity index (χ0v) is 12.8. The lowest BCUT2D eigenvalue weighted by atomic mass is 10.1. The lowest BCUT2D eigenvalue weighted by Crippen LogP contribution is -2.13. The third kappa shape index (κ3) is 3.83. The number of aliphatic imine (C=N–C) groups is 1. The Morgan fingerprint density at radius 1 is 1.52 bits per heavy atom. The van der Waals surface area contributed by atoms with Gasteiger partial charge in [-0.05, 0) is 19.1 Å². The molecule has 0 fully saturated rings. The van der Waals surface area contributed by atoms with Gasteiger partial charge < -0.3 is 9.84 Å². The molecule has 0 bridgehead atoms. The van der Waals surface area contributed by atoms with E-state index in [0.29, 0.717) is 0 Å². The van der Waals surface area contributed by atoms with Crippen LogP contribution in [0.3, 0.4) is 0 Å². The Kier molecular flexibility index (Phi) is 5.93. The SMILES string of the molecule is C=C(N=C(C(=O)O)/C(Cl)=C\C)c1ccc(Cl)c(OC)c1F. The molecule has 0 aliphatic rings. The van der Waals surface area contributed by atoms with Crippen molar-refractivity contribution in [2.24, 2.45) is 4.99 Å². The number of nitrogens with zero attached hydrogens (tertiary/aromatic N) is 1. The van der Waals surface area contributed by atoms with Crippen molar-refractivity contribution in [1.29, 1.82) is 0 Å². The Bertz CT molecular complexity index is 654. The molecule has 0 aliphatic heterocycles. The maximum atomic E-state index is 14.2. The molecule has 0 aromatic heterocycles. The van der Waals surface area contributed by atoms with Crippen LogP contribution in [-0.2, 0) is 4.79 Å². The molecule has 0 radical (unpaired) electrons. The third-order valence-corrected chi connectivity index (χ3v) is 3.19. The average Bonchev–Trinajstić information content (AvgIpc) is 2.43. The minimum atomic E-state index is -1.35. The van der Waals surface area contributed by atoms with Crippen molar-refractivity contribution in [2.45, 2.75) is 6.92 Å². The number of aliphatic carboxylic acids is 1. The molecule has 1 rings (SSSR count). The fraction of sp³-hybridized carbons (Fsp3) is 0.143. The van der Waals surface area contributed by atoms with Crippen LogP contribution in [-0.4, -0.2) is 23.9 Å². The molecule has 0 saturated carbocycles. The van der Waals surface area contributed by atoms with Gasteiger partial charge >= 0.3 is 5.97 Å². The summed E-state index contributed by atoms with van der Waals surface area (Å²) in [5.41, 5.74) is -0.576. The van der Waals surface area contributed by atoms with E-state index < -0.39 is 17.5 Å². The number of carboxylic acids is 1. The number of ether oxygens (including phenoxy) is 1. The largest absolute Gasteiger partial charge is 0.492 e. The summed E-state index contributed by atoms with van der Waals surface area (Å²) in [7, 11) is 1.26. The van der Waals surface area contributed by atoms with Crippen LogP contribution in [0.15, 0.2) is 34.8 Å². The van der Waals surface area contributed by atoms with Gasteiger partial charge in [-0.25, -0.2) is 14.2 Å². The summed E-state index contributed by atoms with van der Waals surface area (Å²) >= 11 is 11.5. The van der Waals surface area contributed by atoms with Gasteiger partial charge in [-0.15, -0.1) is 0 Å². The summed E-state index contributed by atoms with van der Waals surface area (Å²) in [6.45, 7) is 5.11. The van der Waals surface area contributed by atoms with Gasteiger partial charge in [0, 0.05) is 5.56 Å². The second-order valence-corrected chi connectivity index (χ2v) is 4.61. The van der Waals surface area contributed by atoms with Gasteiger partial charge in [0.15, 0.2) is 17.3 Å². The van der Waals surface area contributed by atoms with Crippen LogP contribution in [0.2, 0.25) is 5.02 Å². The number of methoxy groups -OCH3 is 1. The predicted molar refractivity (Wildman–Crippen MR) is 81.7 cm³/mol. The zero-order valence-electron chi connectivity index (χ0n) is 11.3. The van der Waals surface area contributed by atoms with Gasteiger partial charge in [0.2, 0.25) is 0 Å². The lowest BCUT2D eigenvalue weighted by molar-refractivity contribution is -0.129. The molecule has 0 heterocycles. The molecule has 4 nitrogen and oxygen atoms in total. The first-order chi connectivity index (χ1) is 9.83. The average molecular weight is 332 g/mol. The second kappa shape index (κ2) is 7.24. The minimum absolute atomic E-state index is 0.0319. The molecule has 0 atom stereocenters. The molecular weight excluding hydrogens is 320 g/mol. The maximum Gasteiger partial charge on any atom is 0.356 e. The summed E-state index contributed by atoms with van der Waals surface area (Å²) in [5, 5.41) is 9.05. The summed E-state index contributed by atoms with van der Waals surface area (Å²) in [6.07, 6.45) is 1.36. The molecule has 1 aromatic rings. The first kappa shape index (κ1) is 17.2. The van der Waals surface area contributed by atoms with Gasteiger partial charge in [-0.3, -0.25) is 0 Å². The highest BCUT2D eigenvalue weighted by atomic mass is 35.5. The summed E-state index contributed by atoms with van der Waals surface area (Å²) in [4.78, 5) is 14.9. The van der Waals surface area contributed by atoms with Gasteiger partial charge in [0.05, 0.1) is 22.9 Å². The van der Waals surface area contributed by atoms with E-state index in [-0.39, 0.29) is 27.1 Å². The number of halogens is 3. The molecular formula is C14H12Cl2FNO3. The van der Waals surface area contributed by atoms with Gasteiger partial charge in [-0.2, -0.15) is 0 Å². The molecule has 21 heavy (non-hydrogen) atoms. The molecule has 0 unspecified atom stereocenters. The smallest absolute Gasteiger partial charge is 0.356 e. The first-order valence-corrected chi connectivity index (χ1v) is 6.44. The Morgan fingerprint density at radius 2 is 2.14 bits per heavy atom. The molecule has 1 aromatic carbocycles. The van der Waals surface area contributed by atoms with Gasteiger partial charge in [0.1, 0.15) is 0 Å². The van der Waals surface area contributed by atoms with Crippen LogP contribution < -0.4 is 4.74 Å². The van der Waals surface area contributed by atoms with Crippen LogP contribution in [0.25, 0.3) is 5.70 Å². The van der Waals surface area contributed by atoms with E-state index >= 15 is 0 Å². The normalized spacial score (nSPS) is 12.2. The minimum Gasteiger partial charge on any atom is -0.492 e. The van der Waals surface area contributed by atoms with Gasteiger partial charge in [-0.1, -0.05) is 35.9 Å². The Balaban J connectivity index is 3.35. The quantitative estimate of drug-likeness (QED) is 0.825. The molecule has 0 spiro atoms. The van der Waals surface area contributed by atoms with Crippen molar-refractivity contribution in [3.05, 3.63) is 46.2 Å². The molecule has 112 valence electrons. The zero-order chi connectivity index (χ0) is 16.2. The maximum absolute atomic E-state index is 14.2. The molecule has 0 saturated heterocycles. The number of benzene rings is 1. The highest BCUT2D eigenvalue weighted by Crippen LogP contribution is 2.32. The second-order valence-electron chi connectivity index (χ2n) is 3.79. The van der Waals surface area contributed by atoms with Crippen molar-refractivity contribution >= 4 is 40.6 Å². The molecule has 0 aliphatic carbocycles. The molecule has 1 N–H and O–H groups in total. The molecule has 7 heteroatoms. The first-order valence-electron chi connectivity index (χ1n) is 5.68. The molecule has 0 amide bonds. The van der Waals surface area contributed by atoms with E-state index in [1.165, 1.54) is 25.3 Å². The van der Waals surface area contributed by atoms with E-state index in [2.05, 4.69) is 11.6 Å². The van der Waals surface area contributed by atoms with Crippen molar-refractivity contribution in [1.82, 2.24) is 0 Å². The number of carbonyl (C=O) groups is 1. The van der Waals surface area contributed by atoms with Crippen LogP contribution >= 0.6 is 23.2 Å². The fourth-order valence-electron chi connectivity index (χ4n) is 1.48. The van der Waals surface area contributed by atoms with Crippen LogP contribution in [0.5, 0.6) is 5.75 Å². The lowest BCUT2D eigenvalue weighted by Gasteiger charge is -2.09. The summed E-state index contributed by atoms with van der Waals surface area (Å²) < 4.78 is 19.0. The number of hydrogen-bond acceptors (Lipinski definition) is 3. The number of carboxylic acid groups (broad SMARTS) is 1. The van der Waals surface area contributed by atoms with Crippen LogP contribution in [0.1, 0.15) is 12.5 Å². The van der Waals surface area contributed by atoms with Crippen molar-refractivity contribution in [3.63, 3.8) is 0 Å². The van der Waals surface area contributed by atoms with Gasteiger partial charge in [0.25, 0.3) is 0 Å². The van der Waals surface area contributed by atoms with Crippen molar-refractivity contribution < 1.29 is 19.0 Å². The third-order valence-electron chi connectivity index (χ3n) is 2.49. The highest BCUT2D eigenvalue weighted by molar-refractivity contribution is 6.58. The van der Waals surface area contributed by atoms with Crippen molar-refractivity contribution in [2.75, 3.05) is 7.11 Å². The van der Waals surface area contributed by atoms with Crippen LogP contribution in [0, 0.1) is 5.82 Å². The topological polar surface area (TPSA) is 58.9 Å². The van der Waals surface area contributed by atoms with E-state index in [9.17, 15) is 9.18 Å². The summed E-state index contributed by atoms with van der Waals surface area (Å²) in [6, 6.07) is 2.73. The predicted octanol–water partition coefficient (Wildman–Crippen LogP) is 4.13. The number of rotatable bonds is 5. The Morgan fingerprint density at radius 3 is 2.62 bits per heavy atom. The van der Waals surface area contributed by atoms with E-state index in [1.54, 1.807) is 6.92 Å². The Labute approximate surface area is 131 Å². The van der Waals surface area contributed by atoms with E-state index in [0.717, 1.165) is 0 Å². The summed E-state index contributed by atoms with van der Waals surface area (Å²) in [5.74, 6) is -2.29. The fourth-order valence-corrected chi connectivity index (χ4v) is 1.82. The van der Waals surface area contributed by atoms with Crippen molar-refractivity contribution in [3.8, 4) is 5.75 Å². The van der Waals surface area contributed by atoms with Crippen LogP contribution in [0.4, 0.5) is 4.39 Å². The standard InChI is InChI=1S/C14H12Cl2FNO3/c1-4-9(15)12(14(19)20)18-7(2)8-5-6-10(16)13(21-3)11(8)17/h4-6H,2H2,1,3H3,(H,19,20)/b9-4+,18-12?. The monoisotopic (exact) mass is 331 g/mol.